The molecule has 0 aliphatic heterocycles. The van der Waals surface area contributed by atoms with Crippen LogP contribution in [0, 0.1) is 11.8 Å². The van der Waals surface area contributed by atoms with Crippen molar-refractivity contribution >= 4 is 11.8 Å². The molecule has 5 heteroatoms. The predicted octanol–water partition coefficient (Wildman–Crippen LogP) is 2.39. The Kier molecular flexibility index (Phi) is 4.27. The maximum atomic E-state index is 12.5. The van der Waals surface area contributed by atoms with Crippen molar-refractivity contribution in [3.8, 4) is 11.5 Å². The first kappa shape index (κ1) is 14.4. The molecule has 108 valence electrons. The van der Waals surface area contributed by atoms with Crippen LogP contribution >= 0.6 is 0 Å². The van der Waals surface area contributed by atoms with E-state index in [1.54, 1.807) is 18.2 Å². The Labute approximate surface area is 117 Å². The van der Waals surface area contributed by atoms with Crippen LogP contribution in [0.4, 0.5) is 0 Å². The summed E-state index contributed by atoms with van der Waals surface area (Å²) in [6.07, 6.45) is 1.98. The fourth-order valence-corrected chi connectivity index (χ4v) is 2.77. The van der Waals surface area contributed by atoms with Gasteiger partial charge in [-0.3, -0.25) is 9.59 Å². The van der Waals surface area contributed by atoms with E-state index in [4.69, 9.17) is 14.6 Å². The summed E-state index contributed by atoms with van der Waals surface area (Å²) in [5.41, 5.74) is 0.473. The summed E-state index contributed by atoms with van der Waals surface area (Å²) in [7, 11) is 3.03. The van der Waals surface area contributed by atoms with E-state index in [1.807, 2.05) is 0 Å². The van der Waals surface area contributed by atoms with Crippen molar-refractivity contribution in [3.05, 3.63) is 23.8 Å². The van der Waals surface area contributed by atoms with Crippen LogP contribution in [0.1, 0.15) is 29.6 Å². The molecule has 1 aliphatic rings. The molecule has 1 fully saturated rings. The average molecular weight is 278 g/mol. The van der Waals surface area contributed by atoms with Crippen molar-refractivity contribution in [3.63, 3.8) is 0 Å². The van der Waals surface area contributed by atoms with Crippen molar-refractivity contribution in [2.45, 2.75) is 19.3 Å². The third kappa shape index (κ3) is 2.61. The number of ether oxygens (including phenoxy) is 2. The number of ketones is 1. The van der Waals surface area contributed by atoms with Gasteiger partial charge in [0.15, 0.2) is 17.3 Å². The summed E-state index contributed by atoms with van der Waals surface area (Å²) >= 11 is 0. The predicted molar refractivity (Wildman–Crippen MR) is 72.3 cm³/mol. The molecule has 1 saturated carbocycles. The highest BCUT2D eigenvalue weighted by Gasteiger charge is 2.38. The van der Waals surface area contributed by atoms with Crippen LogP contribution < -0.4 is 9.47 Å². The van der Waals surface area contributed by atoms with Crippen LogP contribution in [0.25, 0.3) is 0 Å². The van der Waals surface area contributed by atoms with Crippen LogP contribution in [0.3, 0.4) is 0 Å². The molecule has 1 aromatic carbocycles. The van der Waals surface area contributed by atoms with Gasteiger partial charge < -0.3 is 14.6 Å². The largest absolute Gasteiger partial charge is 0.493 e. The van der Waals surface area contributed by atoms with Gasteiger partial charge in [0.05, 0.1) is 20.1 Å². The maximum absolute atomic E-state index is 12.5. The standard InChI is InChI=1S/C15H18O5/c1-19-12-7-6-9(8-13(12)20-2)14(16)10-4-3-5-11(10)15(17)18/h6-8,10-11H,3-5H2,1-2H3,(H,17,18)/t10?,11-/m1/s1. The van der Waals surface area contributed by atoms with E-state index >= 15 is 0 Å². The fraction of sp³-hybridized carbons (Fsp3) is 0.467. The maximum Gasteiger partial charge on any atom is 0.307 e. The third-order valence-corrected chi connectivity index (χ3v) is 3.84. The molecule has 0 aromatic heterocycles. The Morgan fingerprint density at radius 1 is 1.10 bits per heavy atom. The van der Waals surface area contributed by atoms with E-state index in [0.717, 1.165) is 6.42 Å². The number of rotatable bonds is 5. The molecule has 0 heterocycles. The van der Waals surface area contributed by atoms with Gasteiger partial charge >= 0.3 is 5.97 Å². The van der Waals surface area contributed by atoms with Crippen LogP contribution in [0.5, 0.6) is 11.5 Å². The molecule has 0 amide bonds. The molecular formula is C15H18O5. The van der Waals surface area contributed by atoms with E-state index in [1.165, 1.54) is 14.2 Å². The van der Waals surface area contributed by atoms with Crippen LogP contribution in [0.15, 0.2) is 18.2 Å². The Morgan fingerprint density at radius 2 is 1.75 bits per heavy atom. The molecule has 0 radical (unpaired) electrons. The van der Waals surface area contributed by atoms with Crippen molar-refractivity contribution in [1.29, 1.82) is 0 Å². The highest BCUT2D eigenvalue weighted by molar-refractivity contribution is 6.00. The van der Waals surface area contributed by atoms with Gasteiger partial charge in [-0.1, -0.05) is 6.42 Å². The van der Waals surface area contributed by atoms with Crippen LogP contribution in [0.2, 0.25) is 0 Å². The number of hydrogen-bond acceptors (Lipinski definition) is 4. The first-order valence-electron chi connectivity index (χ1n) is 6.57. The zero-order chi connectivity index (χ0) is 14.7. The zero-order valence-electron chi connectivity index (χ0n) is 11.6. The molecule has 0 spiro atoms. The van der Waals surface area contributed by atoms with Gasteiger partial charge in [0, 0.05) is 11.5 Å². The summed E-state index contributed by atoms with van der Waals surface area (Å²) < 4.78 is 10.3. The molecule has 0 saturated heterocycles. The molecule has 2 rings (SSSR count). The molecular weight excluding hydrogens is 260 g/mol. The number of benzene rings is 1. The average Bonchev–Trinajstić information content (AvgIpc) is 2.95. The monoisotopic (exact) mass is 278 g/mol. The van der Waals surface area contributed by atoms with Crippen molar-refractivity contribution in [1.82, 2.24) is 0 Å². The van der Waals surface area contributed by atoms with Gasteiger partial charge in [0.2, 0.25) is 0 Å². The van der Waals surface area contributed by atoms with Crippen molar-refractivity contribution < 1.29 is 24.2 Å². The number of carboxylic acid groups (broad SMARTS) is 1. The van der Waals surface area contributed by atoms with E-state index in [-0.39, 0.29) is 5.78 Å². The van der Waals surface area contributed by atoms with Gasteiger partial charge in [0.1, 0.15) is 0 Å². The first-order valence-corrected chi connectivity index (χ1v) is 6.57. The number of carbonyl (C=O) groups is 2. The topological polar surface area (TPSA) is 72.8 Å². The Balaban J connectivity index is 2.27. The molecule has 20 heavy (non-hydrogen) atoms. The summed E-state index contributed by atoms with van der Waals surface area (Å²) in [5.74, 6) is -1.01. The summed E-state index contributed by atoms with van der Waals surface area (Å²) in [5, 5.41) is 9.17. The minimum absolute atomic E-state index is 0.129. The Hall–Kier alpha value is -2.04. The minimum Gasteiger partial charge on any atom is -0.493 e. The fourth-order valence-electron chi connectivity index (χ4n) is 2.77. The second-order valence-corrected chi connectivity index (χ2v) is 4.92. The van der Waals surface area contributed by atoms with E-state index in [0.29, 0.717) is 29.9 Å². The molecule has 1 aliphatic carbocycles. The van der Waals surface area contributed by atoms with Crippen molar-refractivity contribution in [2.24, 2.45) is 11.8 Å². The lowest BCUT2D eigenvalue weighted by Crippen LogP contribution is -2.25. The Morgan fingerprint density at radius 3 is 2.35 bits per heavy atom. The van der Waals surface area contributed by atoms with Crippen LogP contribution in [-0.4, -0.2) is 31.1 Å². The lowest BCUT2D eigenvalue weighted by Gasteiger charge is -2.15. The number of hydrogen-bond donors (Lipinski definition) is 1. The van der Waals surface area contributed by atoms with Gasteiger partial charge in [-0.25, -0.2) is 0 Å². The van der Waals surface area contributed by atoms with Gasteiger partial charge in [-0.05, 0) is 31.0 Å². The summed E-state index contributed by atoms with van der Waals surface area (Å²) in [6.45, 7) is 0. The minimum atomic E-state index is -0.888. The van der Waals surface area contributed by atoms with E-state index in [2.05, 4.69) is 0 Å². The van der Waals surface area contributed by atoms with Gasteiger partial charge in [0.25, 0.3) is 0 Å². The first-order chi connectivity index (χ1) is 9.58. The third-order valence-electron chi connectivity index (χ3n) is 3.84. The number of Topliss-reactive ketones (excluding diaryl/α,β-unsaturated/α-hetero) is 1. The second-order valence-electron chi connectivity index (χ2n) is 4.92. The number of aliphatic carboxylic acids is 1. The van der Waals surface area contributed by atoms with Gasteiger partial charge in [-0.15, -0.1) is 0 Å². The quantitative estimate of drug-likeness (QED) is 0.837. The Bertz CT molecular complexity index is 523. The zero-order valence-corrected chi connectivity index (χ0v) is 11.6. The molecule has 1 N–H and O–H groups in total. The number of carboxylic acids is 1. The summed E-state index contributed by atoms with van der Waals surface area (Å²) in [4.78, 5) is 23.6. The van der Waals surface area contributed by atoms with Crippen molar-refractivity contribution in [2.75, 3.05) is 14.2 Å². The number of carbonyl (C=O) groups excluding carboxylic acids is 1. The normalized spacial score (nSPS) is 21.5. The number of methoxy groups -OCH3 is 2. The highest BCUT2D eigenvalue weighted by atomic mass is 16.5. The lowest BCUT2D eigenvalue weighted by atomic mass is 9.88. The molecule has 1 aromatic rings. The molecule has 5 nitrogen and oxygen atoms in total. The van der Waals surface area contributed by atoms with Gasteiger partial charge in [-0.2, -0.15) is 0 Å². The van der Waals surface area contributed by atoms with E-state index in [9.17, 15) is 9.59 Å². The highest BCUT2D eigenvalue weighted by Crippen LogP contribution is 2.36. The SMILES string of the molecule is COc1ccc(C(=O)C2CCC[C@H]2C(=O)O)cc1OC. The second kappa shape index (κ2) is 5.94. The van der Waals surface area contributed by atoms with E-state index < -0.39 is 17.8 Å². The lowest BCUT2D eigenvalue weighted by molar-refractivity contribution is -0.142. The molecule has 2 atom stereocenters. The summed E-state index contributed by atoms with van der Waals surface area (Å²) in [6, 6.07) is 4.93. The molecule has 0 bridgehead atoms. The smallest absolute Gasteiger partial charge is 0.307 e. The van der Waals surface area contributed by atoms with Crippen LogP contribution in [-0.2, 0) is 4.79 Å². The molecule has 1 unspecified atom stereocenters.